The lowest BCUT2D eigenvalue weighted by molar-refractivity contribution is -0.137. The zero-order valence-electron chi connectivity index (χ0n) is 10.5. The fourth-order valence-electron chi connectivity index (χ4n) is 1.74. The zero-order valence-corrected chi connectivity index (χ0v) is 10.5. The van der Waals surface area contributed by atoms with Crippen molar-refractivity contribution in [3.05, 3.63) is 59.2 Å². The van der Waals surface area contributed by atoms with Gasteiger partial charge in [0.15, 0.2) is 11.6 Å². The molecule has 2 N–H and O–H groups in total. The van der Waals surface area contributed by atoms with Gasteiger partial charge >= 0.3 is 6.18 Å². The van der Waals surface area contributed by atoms with E-state index in [4.69, 9.17) is 5.11 Å². The minimum absolute atomic E-state index is 0.0656. The zero-order chi connectivity index (χ0) is 15.6. The van der Waals surface area contributed by atoms with E-state index in [0.717, 1.165) is 24.3 Å². The lowest BCUT2D eigenvalue weighted by Gasteiger charge is -2.11. The van der Waals surface area contributed by atoms with E-state index in [0.29, 0.717) is 6.07 Å². The molecule has 0 unspecified atom stereocenters. The molecule has 0 atom stereocenters. The van der Waals surface area contributed by atoms with Crippen LogP contribution in [0.1, 0.15) is 11.1 Å². The largest absolute Gasteiger partial charge is 0.505 e. The Morgan fingerprint density at radius 2 is 1.71 bits per heavy atom. The highest BCUT2D eigenvalue weighted by molar-refractivity contribution is 5.47. The van der Waals surface area contributed by atoms with Crippen LogP contribution in [0.2, 0.25) is 0 Å². The van der Waals surface area contributed by atoms with Crippen molar-refractivity contribution in [3.63, 3.8) is 0 Å². The van der Waals surface area contributed by atoms with Gasteiger partial charge in [-0.05, 0) is 35.9 Å². The molecule has 0 spiro atoms. The number of benzene rings is 2. The summed E-state index contributed by atoms with van der Waals surface area (Å²) < 4.78 is 63.9. The predicted octanol–water partition coefficient (Wildman–Crippen LogP) is 4.30. The maximum Gasteiger partial charge on any atom is 0.416 e. The molecule has 0 bridgehead atoms. The predicted molar refractivity (Wildman–Crippen MR) is 66.8 cm³/mol. The van der Waals surface area contributed by atoms with Gasteiger partial charge in [0, 0.05) is 18.3 Å². The summed E-state index contributed by atoms with van der Waals surface area (Å²) >= 11 is 0. The first-order valence-electron chi connectivity index (χ1n) is 5.85. The summed E-state index contributed by atoms with van der Waals surface area (Å²) in [6.07, 6.45) is -4.64. The fourth-order valence-corrected chi connectivity index (χ4v) is 1.74. The van der Waals surface area contributed by atoms with E-state index in [-0.39, 0.29) is 17.8 Å². The van der Waals surface area contributed by atoms with Crippen LogP contribution in [-0.2, 0) is 12.7 Å². The molecule has 2 aromatic rings. The Bertz CT molecular complexity index is 654. The molecule has 0 amide bonds. The number of halogens is 5. The number of rotatable bonds is 3. The maximum atomic E-state index is 13.2. The van der Waals surface area contributed by atoms with Crippen molar-refractivity contribution in [1.82, 2.24) is 0 Å². The third-order valence-corrected chi connectivity index (χ3v) is 2.73. The molecule has 0 aliphatic rings. The van der Waals surface area contributed by atoms with Crippen molar-refractivity contribution < 1.29 is 27.1 Å². The van der Waals surface area contributed by atoms with Gasteiger partial charge < -0.3 is 10.4 Å². The Morgan fingerprint density at radius 3 is 2.33 bits per heavy atom. The van der Waals surface area contributed by atoms with E-state index in [1.54, 1.807) is 0 Å². The summed E-state index contributed by atoms with van der Waals surface area (Å²) in [5.74, 6) is -2.40. The molecule has 0 aromatic heterocycles. The van der Waals surface area contributed by atoms with Gasteiger partial charge in [-0.3, -0.25) is 0 Å². The monoisotopic (exact) mass is 303 g/mol. The second-order valence-corrected chi connectivity index (χ2v) is 4.37. The van der Waals surface area contributed by atoms with Crippen LogP contribution < -0.4 is 5.32 Å². The van der Waals surface area contributed by atoms with E-state index in [1.165, 1.54) is 6.07 Å². The summed E-state index contributed by atoms with van der Waals surface area (Å²) in [7, 11) is 0. The average Bonchev–Trinajstić information content (AvgIpc) is 2.38. The SMILES string of the molecule is Oc1ccc(NCc2cc(F)cc(C(F)(F)F)c2)cc1F. The first-order valence-corrected chi connectivity index (χ1v) is 5.85. The molecular weight excluding hydrogens is 293 g/mol. The van der Waals surface area contributed by atoms with Crippen molar-refractivity contribution in [2.24, 2.45) is 0 Å². The summed E-state index contributed by atoms with van der Waals surface area (Å²) in [6.45, 7) is -0.120. The number of phenolic OH excluding ortho intramolecular Hbond substituents is 1. The molecular formula is C14H10F5NO. The minimum atomic E-state index is -4.64. The van der Waals surface area contributed by atoms with Crippen molar-refractivity contribution in [2.75, 3.05) is 5.32 Å². The van der Waals surface area contributed by atoms with Crippen LogP contribution in [0.3, 0.4) is 0 Å². The van der Waals surface area contributed by atoms with Crippen molar-refractivity contribution >= 4 is 5.69 Å². The van der Waals surface area contributed by atoms with Gasteiger partial charge in [-0.1, -0.05) is 0 Å². The van der Waals surface area contributed by atoms with Crippen LogP contribution in [0.15, 0.2) is 36.4 Å². The highest BCUT2D eigenvalue weighted by Gasteiger charge is 2.31. The first-order chi connectivity index (χ1) is 9.75. The van der Waals surface area contributed by atoms with Gasteiger partial charge in [-0.25, -0.2) is 8.78 Å². The Hall–Kier alpha value is -2.31. The Labute approximate surface area is 116 Å². The summed E-state index contributed by atoms with van der Waals surface area (Å²) in [4.78, 5) is 0. The van der Waals surface area contributed by atoms with Gasteiger partial charge in [-0.15, -0.1) is 0 Å². The fraction of sp³-hybridized carbons (Fsp3) is 0.143. The van der Waals surface area contributed by atoms with Crippen LogP contribution in [-0.4, -0.2) is 5.11 Å². The third-order valence-electron chi connectivity index (χ3n) is 2.73. The van der Waals surface area contributed by atoms with Crippen LogP contribution in [0.5, 0.6) is 5.75 Å². The number of alkyl halides is 3. The molecule has 2 aromatic carbocycles. The van der Waals surface area contributed by atoms with Crippen molar-refractivity contribution in [3.8, 4) is 5.75 Å². The normalized spacial score (nSPS) is 11.5. The summed E-state index contributed by atoms with van der Waals surface area (Å²) in [6, 6.07) is 5.61. The van der Waals surface area contributed by atoms with Crippen molar-refractivity contribution in [2.45, 2.75) is 12.7 Å². The molecule has 0 aliphatic carbocycles. The molecule has 112 valence electrons. The molecule has 21 heavy (non-hydrogen) atoms. The van der Waals surface area contributed by atoms with Gasteiger partial charge in [0.1, 0.15) is 5.82 Å². The molecule has 0 fully saturated rings. The molecule has 7 heteroatoms. The highest BCUT2D eigenvalue weighted by atomic mass is 19.4. The Balaban J connectivity index is 2.16. The molecule has 0 heterocycles. The minimum Gasteiger partial charge on any atom is -0.505 e. The van der Waals surface area contributed by atoms with Crippen LogP contribution in [0.25, 0.3) is 0 Å². The quantitative estimate of drug-likeness (QED) is 0.654. The van der Waals surface area contributed by atoms with E-state index < -0.39 is 29.1 Å². The molecule has 0 radical (unpaired) electrons. The van der Waals surface area contributed by atoms with Gasteiger partial charge in [0.25, 0.3) is 0 Å². The smallest absolute Gasteiger partial charge is 0.416 e. The van der Waals surface area contributed by atoms with Gasteiger partial charge in [0.05, 0.1) is 5.56 Å². The van der Waals surface area contributed by atoms with Gasteiger partial charge in [-0.2, -0.15) is 13.2 Å². The molecule has 0 saturated carbocycles. The lowest BCUT2D eigenvalue weighted by Crippen LogP contribution is -2.08. The summed E-state index contributed by atoms with van der Waals surface area (Å²) in [5.41, 5.74) is -0.768. The third kappa shape index (κ3) is 3.84. The van der Waals surface area contributed by atoms with Crippen LogP contribution in [0.4, 0.5) is 27.6 Å². The Morgan fingerprint density at radius 1 is 1.00 bits per heavy atom. The molecule has 0 aliphatic heterocycles. The Kier molecular flexibility index (Phi) is 4.02. The van der Waals surface area contributed by atoms with E-state index >= 15 is 0 Å². The number of hydrogen-bond donors (Lipinski definition) is 2. The van der Waals surface area contributed by atoms with E-state index in [2.05, 4.69) is 5.32 Å². The van der Waals surface area contributed by atoms with Gasteiger partial charge in [0.2, 0.25) is 0 Å². The highest BCUT2D eigenvalue weighted by Crippen LogP contribution is 2.30. The number of anilines is 1. The second-order valence-electron chi connectivity index (χ2n) is 4.37. The first kappa shape index (κ1) is 15.1. The number of aromatic hydroxyl groups is 1. The lowest BCUT2D eigenvalue weighted by atomic mass is 10.1. The number of nitrogens with one attached hydrogen (secondary N) is 1. The average molecular weight is 303 g/mol. The van der Waals surface area contributed by atoms with E-state index in [9.17, 15) is 22.0 Å². The standard InChI is InChI=1S/C14H10F5NO/c15-10-4-8(3-9(5-10)14(17,18)19)7-20-11-1-2-13(21)12(16)6-11/h1-6,20-21H,7H2. The maximum absolute atomic E-state index is 13.2. The van der Waals surface area contributed by atoms with Crippen LogP contribution >= 0.6 is 0 Å². The molecule has 2 rings (SSSR count). The van der Waals surface area contributed by atoms with E-state index in [1.807, 2.05) is 0 Å². The number of phenols is 1. The molecule has 0 saturated heterocycles. The number of hydrogen-bond acceptors (Lipinski definition) is 2. The second kappa shape index (κ2) is 5.59. The van der Waals surface area contributed by atoms with Crippen molar-refractivity contribution in [1.29, 1.82) is 0 Å². The molecule has 2 nitrogen and oxygen atoms in total. The van der Waals surface area contributed by atoms with Crippen LogP contribution in [0, 0.1) is 11.6 Å². The summed E-state index contributed by atoms with van der Waals surface area (Å²) in [5, 5.41) is 11.7. The topological polar surface area (TPSA) is 32.3 Å².